The van der Waals surface area contributed by atoms with Crippen molar-refractivity contribution in [1.29, 1.82) is 5.26 Å². The van der Waals surface area contributed by atoms with E-state index in [0.29, 0.717) is 17.1 Å². The van der Waals surface area contributed by atoms with Crippen LogP contribution in [0.5, 0.6) is 0 Å². The number of non-ortho nitro benzene ring substituents is 1. The Bertz CT molecular complexity index is 743. The number of nitrogens with one attached hydrogen (secondary N) is 1. The number of halogens is 2. The molecule has 2 aromatic rings. The van der Waals surface area contributed by atoms with Gasteiger partial charge in [0.05, 0.1) is 21.6 Å². The molecule has 0 radical (unpaired) electrons. The number of rotatable bonds is 4. The van der Waals surface area contributed by atoms with Crippen LogP contribution in [0.2, 0.25) is 5.02 Å². The molecule has 2 rings (SSSR count). The summed E-state index contributed by atoms with van der Waals surface area (Å²) in [5.74, 6) is 0. The minimum atomic E-state index is -0.486. The maximum Gasteiger partial charge on any atom is 0.270 e. The lowest BCUT2D eigenvalue weighted by Crippen LogP contribution is -2.01. The normalized spacial score (nSPS) is 9.95. The monoisotopic (exact) mass is 365 g/mol. The summed E-state index contributed by atoms with van der Waals surface area (Å²) in [6.07, 6.45) is 0. The Morgan fingerprint density at radius 2 is 2.10 bits per heavy atom. The minimum Gasteiger partial charge on any atom is -0.380 e. The first kappa shape index (κ1) is 15.3. The van der Waals surface area contributed by atoms with Gasteiger partial charge in [0.1, 0.15) is 0 Å². The fourth-order valence-electron chi connectivity index (χ4n) is 1.71. The third kappa shape index (κ3) is 3.72. The van der Waals surface area contributed by atoms with E-state index in [1.807, 2.05) is 0 Å². The number of anilines is 1. The molecule has 2 aromatic carbocycles. The molecular formula is C14H9BrClN3O2. The van der Waals surface area contributed by atoms with Gasteiger partial charge in [-0.2, -0.15) is 5.26 Å². The standard InChI is InChI=1S/C14H9BrClN3O2/c15-12-5-9(7-17)1-4-14(12)18-8-10-2-3-11(19(20)21)6-13(10)16/h1-6,18H,8H2. The van der Waals surface area contributed by atoms with Crippen LogP contribution in [0.4, 0.5) is 11.4 Å². The Balaban J connectivity index is 2.13. The minimum absolute atomic E-state index is 0.0386. The zero-order valence-corrected chi connectivity index (χ0v) is 13.0. The molecule has 0 unspecified atom stereocenters. The molecule has 0 aliphatic heterocycles. The fraction of sp³-hybridized carbons (Fsp3) is 0.0714. The van der Waals surface area contributed by atoms with Crippen molar-refractivity contribution in [1.82, 2.24) is 0 Å². The molecule has 0 fully saturated rings. The predicted octanol–water partition coefficient (Wildman–Crippen LogP) is 4.49. The van der Waals surface area contributed by atoms with Crippen molar-refractivity contribution < 1.29 is 4.92 Å². The molecule has 0 atom stereocenters. The van der Waals surface area contributed by atoms with Crippen LogP contribution in [0, 0.1) is 21.4 Å². The SMILES string of the molecule is N#Cc1ccc(NCc2ccc([N+](=O)[O-])cc2Cl)c(Br)c1. The van der Waals surface area contributed by atoms with E-state index in [9.17, 15) is 10.1 Å². The van der Waals surface area contributed by atoms with E-state index < -0.39 is 4.92 Å². The lowest BCUT2D eigenvalue weighted by Gasteiger charge is -2.10. The molecule has 0 amide bonds. The molecule has 0 heterocycles. The molecule has 21 heavy (non-hydrogen) atoms. The van der Waals surface area contributed by atoms with E-state index in [1.165, 1.54) is 12.1 Å². The van der Waals surface area contributed by atoms with E-state index in [-0.39, 0.29) is 5.69 Å². The van der Waals surface area contributed by atoms with Crippen LogP contribution in [0.15, 0.2) is 40.9 Å². The Hall–Kier alpha value is -2.10. The average molecular weight is 367 g/mol. The Labute approximate surface area is 134 Å². The lowest BCUT2D eigenvalue weighted by atomic mass is 10.2. The highest BCUT2D eigenvalue weighted by Crippen LogP contribution is 2.26. The van der Waals surface area contributed by atoms with Gasteiger partial charge >= 0.3 is 0 Å². The zero-order valence-electron chi connectivity index (χ0n) is 10.6. The highest BCUT2D eigenvalue weighted by Gasteiger charge is 2.09. The van der Waals surface area contributed by atoms with E-state index in [1.54, 1.807) is 24.3 Å². The summed E-state index contributed by atoms with van der Waals surface area (Å²) in [7, 11) is 0. The summed E-state index contributed by atoms with van der Waals surface area (Å²) in [5.41, 5.74) is 2.08. The summed E-state index contributed by atoms with van der Waals surface area (Å²) in [6, 6.07) is 11.6. The average Bonchev–Trinajstić information content (AvgIpc) is 2.46. The first-order chi connectivity index (χ1) is 10.0. The smallest absolute Gasteiger partial charge is 0.270 e. The molecule has 7 heteroatoms. The molecule has 1 N–H and O–H groups in total. The van der Waals surface area contributed by atoms with Gasteiger partial charge in [-0.25, -0.2) is 0 Å². The number of nitro groups is 1. The third-order valence-electron chi connectivity index (χ3n) is 2.81. The van der Waals surface area contributed by atoms with Crippen LogP contribution in [0.3, 0.4) is 0 Å². The van der Waals surface area contributed by atoms with Crippen LogP contribution in [0.1, 0.15) is 11.1 Å². The molecule has 0 saturated carbocycles. The summed E-state index contributed by atoms with van der Waals surface area (Å²) in [5, 5.41) is 22.9. The summed E-state index contributed by atoms with van der Waals surface area (Å²) in [6.45, 7) is 0.418. The second-order valence-corrected chi connectivity index (χ2v) is 5.45. The molecule has 0 aliphatic rings. The van der Waals surface area contributed by atoms with Gasteiger partial charge in [0.2, 0.25) is 0 Å². The zero-order chi connectivity index (χ0) is 15.4. The largest absolute Gasteiger partial charge is 0.380 e. The Morgan fingerprint density at radius 1 is 1.33 bits per heavy atom. The van der Waals surface area contributed by atoms with Gasteiger partial charge in [0.15, 0.2) is 0 Å². The van der Waals surface area contributed by atoms with Crippen molar-refractivity contribution in [3.63, 3.8) is 0 Å². The molecular weight excluding hydrogens is 358 g/mol. The van der Waals surface area contributed by atoms with Crippen molar-refractivity contribution in [2.24, 2.45) is 0 Å². The third-order valence-corrected chi connectivity index (χ3v) is 3.82. The maximum atomic E-state index is 10.6. The van der Waals surface area contributed by atoms with E-state index in [0.717, 1.165) is 15.7 Å². The summed E-state index contributed by atoms with van der Waals surface area (Å²) in [4.78, 5) is 10.2. The summed E-state index contributed by atoms with van der Waals surface area (Å²) < 4.78 is 0.764. The van der Waals surface area contributed by atoms with Crippen molar-refractivity contribution in [2.75, 3.05) is 5.32 Å². The van der Waals surface area contributed by atoms with Gasteiger partial charge in [0.25, 0.3) is 5.69 Å². The van der Waals surface area contributed by atoms with Gasteiger partial charge in [-0.1, -0.05) is 11.6 Å². The second kappa shape index (κ2) is 6.57. The second-order valence-electron chi connectivity index (χ2n) is 4.19. The van der Waals surface area contributed by atoms with Gasteiger partial charge < -0.3 is 5.32 Å². The highest BCUT2D eigenvalue weighted by atomic mass is 79.9. The fourth-order valence-corrected chi connectivity index (χ4v) is 2.47. The molecule has 0 bridgehead atoms. The van der Waals surface area contributed by atoms with Crippen molar-refractivity contribution in [2.45, 2.75) is 6.54 Å². The first-order valence-corrected chi connectivity index (χ1v) is 7.04. The van der Waals surface area contributed by atoms with Gasteiger partial charge in [-0.05, 0) is 45.8 Å². The molecule has 0 aliphatic carbocycles. The molecule has 0 aromatic heterocycles. The Morgan fingerprint density at radius 3 is 2.67 bits per heavy atom. The number of nitrogens with zero attached hydrogens (tertiary/aromatic N) is 2. The molecule has 106 valence electrons. The van der Waals surface area contributed by atoms with E-state index >= 15 is 0 Å². The van der Waals surface area contributed by atoms with Gasteiger partial charge in [-0.15, -0.1) is 0 Å². The van der Waals surface area contributed by atoms with Gasteiger partial charge in [-0.3, -0.25) is 10.1 Å². The van der Waals surface area contributed by atoms with Crippen LogP contribution >= 0.6 is 27.5 Å². The lowest BCUT2D eigenvalue weighted by molar-refractivity contribution is -0.384. The number of nitriles is 1. The van der Waals surface area contributed by atoms with E-state index in [2.05, 4.69) is 27.3 Å². The van der Waals surface area contributed by atoms with Crippen LogP contribution < -0.4 is 5.32 Å². The van der Waals surface area contributed by atoms with Crippen molar-refractivity contribution >= 4 is 38.9 Å². The number of hydrogen-bond donors (Lipinski definition) is 1. The van der Waals surface area contributed by atoms with Crippen LogP contribution in [0.25, 0.3) is 0 Å². The highest BCUT2D eigenvalue weighted by molar-refractivity contribution is 9.10. The molecule has 0 saturated heterocycles. The van der Waals surface area contributed by atoms with Crippen LogP contribution in [-0.2, 0) is 6.54 Å². The molecule has 0 spiro atoms. The number of hydrogen-bond acceptors (Lipinski definition) is 4. The predicted molar refractivity (Wildman–Crippen MR) is 84.3 cm³/mol. The topological polar surface area (TPSA) is 79.0 Å². The quantitative estimate of drug-likeness (QED) is 0.638. The van der Waals surface area contributed by atoms with Gasteiger partial charge in [0, 0.05) is 28.8 Å². The van der Waals surface area contributed by atoms with E-state index in [4.69, 9.17) is 16.9 Å². The number of nitro benzene ring substituents is 1. The maximum absolute atomic E-state index is 10.6. The van der Waals surface area contributed by atoms with Crippen LogP contribution in [-0.4, -0.2) is 4.92 Å². The van der Waals surface area contributed by atoms with Crippen molar-refractivity contribution in [3.8, 4) is 6.07 Å². The first-order valence-electron chi connectivity index (χ1n) is 5.87. The Kier molecular flexibility index (Phi) is 4.78. The number of benzene rings is 2. The molecule has 5 nitrogen and oxygen atoms in total. The summed E-state index contributed by atoms with van der Waals surface area (Å²) >= 11 is 9.40. The van der Waals surface area contributed by atoms with Crippen molar-refractivity contribution in [3.05, 3.63) is 67.1 Å².